The van der Waals surface area contributed by atoms with E-state index in [0.29, 0.717) is 18.8 Å². The number of nitrogen functional groups attached to an aromatic ring is 1. The Hall–Kier alpha value is -2.88. The second-order valence-corrected chi connectivity index (χ2v) is 6.87. The van der Waals surface area contributed by atoms with Crippen molar-refractivity contribution >= 4 is 33.5 Å². The van der Waals surface area contributed by atoms with Crippen LogP contribution < -0.4 is 21.7 Å². The molecule has 0 unspecified atom stereocenters. The molecule has 28 heavy (non-hydrogen) atoms. The fourth-order valence-electron chi connectivity index (χ4n) is 2.38. The third-order valence-corrected chi connectivity index (χ3v) is 4.44. The van der Waals surface area contributed by atoms with Crippen LogP contribution in [0.1, 0.15) is 23.2 Å². The average Bonchev–Trinajstić information content (AvgIpc) is 2.67. The van der Waals surface area contributed by atoms with Gasteiger partial charge in [-0.1, -0.05) is 22.0 Å². The summed E-state index contributed by atoms with van der Waals surface area (Å²) in [6, 6.07) is 7.29. The van der Waals surface area contributed by atoms with Crippen LogP contribution in [0, 0.1) is 0 Å². The zero-order valence-electron chi connectivity index (χ0n) is 15.4. The summed E-state index contributed by atoms with van der Waals surface area (Å²) in [7, 11) is 2.57. The minimum absolute atomic E-state index is 0.0437. The number of hydrogen-bond acceptors (Lipinski definition) is 7. The molecule has 9 nitrogen and oxygen atoms in total. The van der Waals surface area contributed by atoms with E-state index >= 15 is 0 Å². The Morgan fingerprint density at radius 3 is 2.57 bits per heavy atom. The van der Waals surface area contributed by atoms with Gasteiger partial charge in [0.2, 0.25) is 5.78 Å². The van der Waals surface area contributed by atoms with Crippen LogP contribution in [0.4, 0.5) is 5.82 Å². The predicted molar refractivity (Wildman–Crippen MR) is 105 cm³/mol. The summed E-state index contributed by atoms with van der Waals surface area (Å²) in [5, 5.41) is 0. The van der Waals surface area contributed by atoms with Crippen molar-refractivity contribution in [1.82, 2.24) is 9.13 Å². The first-order chi connectivity index (χ1) is 13.2. The van der Waals surface area contributed by atoms with Crippen LogP contribution in [0.25, 0.3) is 0 Å². The number of benzene rings is 1. The molecular formula is C18H20BrN3O6. The first-order valence-corrected chi connectivity index (χ1v) is 9.14. The molecule has 2 aromatic rings. The van der Waals surface area contributed by atoms with Crippen molar-refractivity contribution in [2.45, 2.75) is 12.8 Å². The number of ether oxygens (including phenoxy) is 2. The number of carbonyl (C=O) groups is 2. The van der Waals surface area contributed by atoms with Crippen LogP contribution in [-0.2, 0) is 23.6 Å². The number of nitrogens with zero attached hydrogens (tertiary/aromatic N) is 2. The van der Waals surface area contributed by atoms with Crippen LogP contribution in [0.2, 0.25) is 0 Å². The highest BCUT2D eigenvalue weighted by atomic mass is 79.9. The molecule has 0 bridgehead atoms. The molecule has 2 rings (SSSR count). The largest absolute Gasteiger partial charge is 0.494 e. The number of rotatable bonds is 8. The van der Waals surface area contributed by atoms with Gasteiger partial charge in [-0.05, 0) is 24.6 Å². The average molecular weight is 454 g/mol. The molecule has 10 heteroatoms. The van der Waals surface area contributed by atoms with E-state index < -0.39 is 29.6 Å². The van der Waals surface area contributed by atoms with E-state index in [1.54, 1.807) is 12.1 Å². The molecule has 0 aliphatic rings. The number of esters is 1. The van der Waals surface area contributed by atoms with Crippen LogP contribution in [0.3, 0.4) is 0 Å². The summed E-state index contributed by atoms with van der Waals surface area (Å²) in [6.07, 6.45) is 0.436. The highest BCUT2D eigenvalue weighted by Gasteiger charge is 2.21. The lowest BCUT2D eigenvalue weighted by Crippen LogP contribution is -2.42. The Morgan fingerprint density at radius 1 is 1.18 bits per heavy atom. The van der Waals surface area contributed by atoms with Crippen molar-refractivity contribution in [3.63, 3.8) is 0 Å². The Kier molecular flexibility index (Phi) is 7.16. The molecule has 1 heterocycles. The van der Waals surface area contributed by atoms with E-state index in [0.717, 1.165) is 13.6 Å². The van der Waals surface area contributed by atoms with Gasteiger partial charge < -0.3 is 15.2 Å². The maximum atomic E-state index is 12.2. The molecular weight excluding hydrogens is 434 g/mol. The maximum absolute atomic E-state index is 12.2. The molecule has 0 aliphatic heterocycles. The summed E-state index contributed by atoms with van der Waals surface area (Å²) >= 11 is 3.33. The van der Waals surface area contributed by atoms with E-state index in [2.05, 4.69) is 15.9 Å². The number of carbonyl (C=O) groups excluding carboxylic acids is 2. The standard InChI is InChI=1S/C18H20BrN3O6/c1-21-16(20)15(17(25)22(2)18(21)26)13(23)10-28-14(24)7-4-8-27-12-6-3-5-11(19)9-12/h3,5-6,9H,4,7-8,10,20H2,1-2H3. The summed E-state index contributed by atoms with van der Waals surface area (Å²) in [5.41, 5.74) is 3.83. The van der Waals surface area contributed by atoms with Gasteiger partial charge in [0, 0.05) is 25.0 Å². The monoisotopic (exact) mass is 453 g/mol. The lowest BCUT2D eigenvalue weighted by atomic mass is 10.2. The van der Waals surface area contributed by atoms with E-state index in [-0.39, 0.29) is 17.8 Å². The zero-order chi connectivity index (χ0) is 20.8. The van der Waals surface area contributed by atoms with Crippen LogP contribution >= 0.6 is 15.9 Å². The van der Waals surface area contributed by atoms with Crippen molar-refractivity contribution in [3.8, 4) is 5.75 Å². The molecule has 0 aliphatic carbocycles. The Balaban J connectivity index is 1.85. The van der Waals surface area contributed by atoms with Crippen molar-refractivity contribution in [1.29, 1.82) is 0 Å². The predicted octanol–water partition coefficient (Wildman–Crippen LogP) is 1.01. The van der Waals surface area contributed by atoms with Gasteiger partial charge in [0.15, 0.2) is 6.61 Å². The lowest BCUT2D eigenvalue weighted by molar-refractivity contribution is -0.142. The van der Waals surface area contributed by atoms with Crippen molar-refractivity contribution in [2.75, 3.05) is 18.9 Å². The van der Waals surface area contributed by atoms with E-state index in [1.165, 1.54) is 14.1 Å². The van der Waals surface area contributed by atoms with Gasteiger partial charge in [-0.2, -0.15) is 0 Å². The minimum Gasteiger partial charge on any atom is -0.494 e. The van der Waals surface area contributed by atoms with Gasteiger partial charge in [0.1, 0.15) is 17.1 Å². The number of halogens is 1. The first-order valence-electron chi connectivity index (χ1n) is 8.35. The molecule has 0 saturated carbocycles. The normalized spacial score (nSPS) is 10.5. The minimum atomic E-state index is -0.830. The van der Waals surface area contributed by atoms with Gasteiger partial charge >= 0.3 is 11.7 Å². The Bertz CT molecular complexity index is 1010. The second-order valence-electron chi connectivity index (χ2n) is 5.96. The Labute approximate surface area is 168 Å². The third kappa shape index (κ3) is 5.10. The molecule has 1 aromatic heterocycles. The van der Waals surface area contributed by atoms with Gasteiger partial charge in [-0.15, -0.1) is 0 Å². The fourth-order valence-corrected chi connectivity index (χ4v) is 2.75. The molecule has 2 N–H and O–H groups in total. The maximum Gasteiger partial charge on any atom is 0.332 e. The molecule has 0 amide bonds. The number of hydrogen-bond donors (Lipinski definition) is 1. The van der Waals surface area contributed by atoms with E-state index in [1.807, 2.05) is 12.1 Å². The summed E-state index contributed by atoms with van der Waals surface area (Å²) in [4.78, 5) is 47.9. The zero-order valence-corrected chi connectivity index (χ0v) is 17.0. The summed E-state index contributed by atoms with van der Waals surface area (Å²) in [5.74, 6) is -0.977. The van der Waals surface area contributed by atoms with E-state index in [4.69, 9.17) is 15.2 Å². The van der Waals surface area contributed by atoms with Gasteiger partial charge in [0.05, 0.1) is 6.61 Å². The van der Waals surface area contributed by atoms with Gasteiger partial charge in [-0.25, -0.2) is 4.79 Å². The molecule has 1 aromatic carbocycles. The molecule has 0 atom stereocenters. The van der Waals surface area contributed by atoms with E-state index in [9.17, 15) is 19.2 Å². The number of anilines is 1. The lowest BCUT2D eigenvalue weighted by Gasteiger charge is -2.11. The van der Waals surface area contributed by atoms with Crippen molar-refractivity contribution in [2.24, 2.45) is 14.1 Å². The second kappa shape index (κ2) is 9.36. The van der Waals surface area contributed by atoms with Crippen molar-refractivity contribution < 1.29 is 19.1 Å². The van der Waals surface area contributed by atoms with Gasteiger partial charge in [-0.3, -0.25) is 23.5 Å². The smallest absolute Gasteiger partial charge is 0.332 e. The fraction of sp³-hybridized carbons (Fsp3) is 0.333. The first kappa shape index (κ1) is 21.4. The number of ketones is 1. The molecule has 0 saturated heterocycles. The molecule has 0 spiro atoms. The summed E-state index contributed by atoms with van der Waals surface area (Å²) in [6.45, 7) is -0.337. The summed E-state index contributed by atoms with van der Waals surface area (Å²) < 4.78 is 13.0. The Morgan fingerprint density at radius 2 is 1.89 bits per heavy atom. The highest BCUT2D eigenvalue weighted by molar-refractivity contribution is 9.10. The van der Waals surface area contributed by atoms with Crippen LogP contribution in [-0.4, -0.2) is 34.1 Å². The highest BCUT2D eigenvalue weighted by Crippen LogP contribution is 2.17. The molecule has 0 radical (unpaired) electrons. The number of nitrogens with two attached hydrogens (primary N) is 1. The molecule has 150 valence electrons. The van der Waals surface area contributed by atoms with Crippen molar-refractivity contribution in [3.05, 3.63) is 55.1 Å². The molecule has 0 fully saturated rings. The topological polar surface area (TPSA) is 123 Å². The number of Topliss-reactive ketones (excluding diaryl/α,β-unsaturated/α-hetero) is 1. The number of aromatic nitrogens is 2. The van der Waals surface area contributed by atoms with Gasteiger partial charge in [0.25, 0.3) is 5.56 Å². The SMILES string of the molecule is Cn1c(N)c(C(=O)COC(=O)CCCOc2cccc(Br)c2)c(=O)n(C)c1=O. The van der Waals surface area contributed by atoms with Crippen LogP contribution in [0.5, 0.6) is 5.75 Å². The third-order valence-electron chi connectivity index (χ3n) is 3.94. The van der Waals surface area contributed by atoms with Crippen LogP contribution in [0.15, 0.2) is 38.3 Å². The quantitative estimate of drug-likeness (QED) is 0.359.